The molecule has 0 aromatic rings. The quantitative estimate of drug-likeness (QED) is 0.720. The lowest BCUT2D eigenvalue weighted by Crippen LogP contribution is -2.31. The van der Waals surface area contributed by atoms with E-state index in [1.807, 2.05) is 0 Å². The fourth-order valence-corrected chi connectivity index (χ4v) is 4.74. The first-order valence-electron chi connectivity index (χ1n) is 6.53. The predicted octanol–water partition coefficient (Wildman–Crippen LogP) is 1.45. The highest BCUT2D eigenvalue weighted by Crippen LogP contribution is 2.43. The first-order valence-corrected chi connectivity index (χ1v) is 8.35. The van der Waals surface area contributed by atoms with Crippen molar-refractivity contribution >= 4 is 9.84 Å². The molecule has 1 aliphatic heterocycles. The highest BCUT2D eigenvalue weighted by atomic mass is 32.2. The summed E-state index contributed by atoms with van der Waals surface area (Å²) in [4.78, 5) is 0. The summed E-state index contributed by atoms with van der Waals surface area (Å²) in [6.45, 7) is 4.25. The smallest absolute Gasteiger partial charge is 0.150 e. The van der Waals surface area contributed by atoms with E-state index in [-0.39, 0.29) is 0 Å². The molecule has 1 heterocycles. The second kappa shape index (κ2) is 5.05. The van der Waals surface area contributed by atoms with E-state index in [0.29, 0.717) is 23.3 Å². The molecule has 2 unspecified atom stereocenters. The summed E-state index contributed by atoms with van der Waals surface area (Å²) in [6.07, 6.45) is 4.68. The Morgan fingerprint density at radius 3 is 2.50 bits per heavy atom. The Morgan fingerprint density at radius 2 is 2.00 bits per heavy atom. The third-order valence-electron chi connectivity index (χ3n) is 3.91. The van der Waals surface area contributed by atoms with Gasteiger partial charge in [0.2, 0.25) is 0 Å². The Bertz CT molecular complexity index is 322. The lowest BCUT2D eigenvalue weighted by molar-refractivity contribution is 0.308. The highest BCUT2D eigenvalue weighted by Gasteiger charge is 2.40. The van der Waals surface area contributed by atoms with Crippen molar-refractivity contribution in [2.45, 2.75) is 32.6 Å². The lowest BCUT2D eigenvalue weighted by atomic mass is 9.87. The van der Waals surface area contributed by atoms with E-state index in [1.165, 1.54) is 12.8 Å². The van der Waals surface area contributed by atoms with E-state index in [4.69, 9.17) is 0 Å². The summed E-state index contributed by atoms with van der Waals surface area (Å²) in [7, 11) is -2.70. The van der Waals surface area contributed by atoms with Crippen molar-refractivity contribution in [3.8, 4) is 0 Å². The van der Waals surface area contributed by atoms with Gasteiger partial charge < -0.3 is 5.32 Å². The van der Waals surface area contributed by atoms with Crippen LogP contribution in [0.1, 0.15) is 32.6 Å². The Hall–Kier alpha value is -0.0900. The van der Waals surface area contributed by atoms with Gasteiger partial charge >= 0.3 is 0 Å². The van der Waals surface area contributed by atoms with Gasteiger partial charge in [0, 0.05) is 0 Å². The molecule has 0 amide bonds. The van der Waals surface area contributed by atoms with E-state index < -0.39 is 9.84 Å². The lowest BCUT2D eigenvalue weighted by Gasteiger charge is -2.22. The minimum atomic E-state index is -2.70. The van der Waals surface area contributed by atoms with Gasteiger partial charge in [-0.1, -0.05) is 6.92 Å². The van der Waals surface area contributed by atoms with Crippen LogP contribution < -0.4 is 5.32 Å². The molecule has 3 nitrogen and oxygen atoms in total. The molecule has 2 atom stereocenters. The van der Waals surface area contributed by atoms with Crippen molar-refractivity contribution in [2.24, 2.45) is 17.8 Å². The number of hydrogen-bond donors (Lipinski definition) is 1. The highest BCUT2D eigenvalue weighted by molar-refractivity contribution is 7.91. The molecule has 2 aliphatic rings. The molecule has 2 rings (SSSR count). The number of nitrogens with one attached hydrogen (secondary N) is 1. The van der Waals surface area contributed by atoms with Gasteiger partial charge in [-0.15, -0.1) is 0 Å². The Morgan fingerprint density at radius 1 is 1.25 bits per heavy atom. The van der Waals surface area contributed by atoms with Crippen molar-refractivity contribution in [3.05, 3.63) is 0 Å². The van der Waals surface area contributed by atoms with Crippen LogP contribution >= 0.6 is 0 Å². The van der Waals surface area contributed by atoms with Crippen LogP contribution in [-0.2, 0) is 9.84 Å². The van der Waals surface area contributed by atoms with Crippen LogP contribution in [0.3, 0.4) is 0 Å². The van der Waals surface area contributed by atoms with E-state index >= 15 is 0 Å². The van der Waals surface area contributed by atoms with Gasteiger partial charge in [-0.3, -0.25) is 0 Å². The SMILES string of the molecule is CCCNCC(C1CC1)C1CCS(=O)(=O)C1. The van der Waals surface area contributed by atoms with Gasteiger partial charge in [0.25, 0.3) is 0 Å². The van der Waals surface area contributed by atoms with Gasteiger partial charge in [0.1, 0.15) is 0 Å². The second-order valence-corrected chi connectivity index (χ2v) is 7.60. The summed E-state index contributed by atoms with van der Waals surface area (Å²) in [5.41, 5.74) is 0. The minimum absolute atomic E-state index is 0.425. The maximum Gasteiger partial charge on any atom is 0.150 e. The molecule has 0 radical (unpaired) electrons. The van der Waals surface area contributed by atoms with Crippen LogP contribution in [-0.4, -0.2) is 33.0 Å². The first kappa shape index (κ1) is 12.4. The van der Waals surface area contributed by atoms with Gasteiger partial charge in [0.15, 0.2) is 9.84 Å². The van der Waals surface area contributed by atoms with E-state index in [0.717, 1.165) is 31.8 Å². The monoisotopic (exact) mass is 245 g/mol. The van der Waals surface area contributed by atoms with Crippen molar-refractivity contribution in [3.63, 3.8) is 0 Å². The molecule has 1 saturated heterocycles. The molecule has 4 heteroatoms. The van der Waals surface area contributed by atoms with Crippen LogP contribution in [0.4, 0.5) is 0 Å². The number of rotatable bonds is 6. The summed E-state index contributed by atoms with van der Waals surface area (Å²) in [5.74, 6) is 2.73. The van der Waals surface area contributed by atoms with Crippen LogP contribution in [0, 0.1) is 17.8 Å². The second-order valence-electron chi connectivity index (χ2n) is 5.37. The van der Waals surface area contributed by atoms with Crippen LogP contribution in [0.25, 0.3) is 0 Å². The molecule has 1 N–H and O–H groups in total. The van der Waals surface area contributed by atoms with Crippen molar-refractivity contribution < 1.29 is 8.42 Å². The third kappa shape index (κ3) is 3.20. The van der Waals surface area contributed by atoms with Gasteiger partial charge in [-0.2, -0.15) is 0 Å². The summed E-state index contributed by atoms with van der Waals surface area (Å²) >= 11 is 0. The summed E-state index contributed by atoms with van der Waals surface area (Å²) in [6, 6.07) is 0. The summed E-state index contributed by atoms with van der Waals surface area (Å²) in [5, 5.41) is 3.47. The zero-order valence-electron chi connectivity index (χ0n) is 10.1. The minimum Gasteiger partial charge on any atom is -0.316 e. The van der Waals surface area contributed by atoms with Crippen LogP contribution in [0.5, 0.6) is 0 Å². The number of sulfone groups is 1. The standard InChI is InChI=1S/C12H23NO2S/c1-2-6-13-8-12(10-3-4-10)11-5-7-16(14,15)9-11/h10-13H,2-9H2,1H3. The van der Waals surface area contributed by atoms with Crippen molar-refractivity contribution in [1.82, 2.24) is 5.32 Å². The average molecular weight is 245 g/mol. The van der Waals surface area contributed by atoms with Crippen molar-refractivity contribution in [2.75, 3.05) is 24.6 Å². The molecule has 0 spiro atoms. The molecule has 94 valence electrons. The van der Waals surface area contributed by atoms with E-state index in [1.54, 1.807) is 0 Å². The average Bonchev–Trinajstić information content (AvgIpc) is 2.98. The first-order chi connectivity index (χ1) is 7.62. The van der Waals surface area contributed by atoms with Gasteiger partial charge in [-0.05, 0) is 56.5 Å². The predicted molar refractivity (Wildman–Crippen MR) is 66.1 cm³/mol. The zero-order valence-corrected chi connectivity index (χ0v) is 10.9. The topological polar surface area (TPSA) is 46.2 Å². The molecule has 16 heavy (non-hydrogen) atoms. The fourth-order valence-electron chi connectivity index (χ4n) is 2.85. The maximum absolute atomic E-state index is 11.5. The van der Waals surface area contributed by atoms with E-state index in [2.05, 4.69) is 12.2 Å². The molecular weight excluding hydrogens is 222 g/mol. The Balaban J connectivity index is 1.87. The molecule has 1 saturated carbocycles. The maximum atomic E-state index is 11.5. The molecule has 1 aliphatic carbocycles. The zero-order chi connectivity index (χ0) is 11.6. The third-order valence-corrected chi connectivity index (χ3v) is 5.70. The van der Waals surface area contributed by atoms with Gasteiger partial charge in [-0.25, -0.2) is 8.42 Å². The fraction of sp³-hybridized carbons (Fsp3) is 1.00. The molecular formula is C12H23NO2S. The largest absolute Gasteiger partial charge is 0.316 e. The van der Waals surface area contributed by atoms with Crippen molar-refractivity contribution in [1.29, 1.82) is 0 Å². The van der Waals surface area contributed by atoms with E-state index in [9.17, 15) is 8.42 Å². The Labute approximate surface area is 98.9 Å². The van der Waals surface area contributed by atoms with Gasteiger partial charge in [0.05, 0.1) is 11.5 Å². The normalized spacial score (nSPS) is 30.4. The van der Waals surface area contributed by atoms with Crippen LogP contribution in [0.15, 0.2) is 0 Å². The molecule has 0 aromatic carbocycles. The molecule has 2 fully saturated rings. The summed E-state index contributed by atoms with van der Waals surface area (Å²) < 4.78 is 23.0. The molecule has 0 bridgehead atoms. The van der Waals surface area contributed by atoms with Crippen LogP contribution in [0.2, 0.25) is 0 Å². The molecule has 0 aromatic heterocycles. The number of hydrogen-bond acceptors (Lipinski definition) is 3. The Kier molecular flexibility index (Phi) is 3.90.